The standard InChI is InChI=1S/C17H24N4O2/c1-12(15-10-11-18-21(15)5)19-13-6-8-14(9-7-13)20-16(22)23-17(2,3)4/h6-12,19H,1-5H3,(H,20,22). The topological polar surface area (TPSA) is 68.2 Å². The second kappa shape index (κ2) is 6.73. The fourth-order valence-corrected chi connectivity index (χ4v) is 2.20. The van der Waals surface area contributed by atoms with E-state index in [4.69, 9.17) is 4.74 Å². The van der Waals surface area contributed by atoms with Gasteiger partial charge in [0.1, 0.15) is 5.60 Å². The Kier molecular flexibility index (Phi) is 4.93. The minimum atomic E-state index is -0.510. The van der Waals surface area contributed by atoms with E-state index in [0.717, 1.165) is 11.4 Å². The van der Waals surface area contributed by atoms with Crippen LogP contribution < -0.4 is 10.6 Å². The molecule has 0 bridgehead atoms. The lowest BCUT2D eigenvalue weighted by Gasteiger charge is -2.20. The van der Waals surface area contributed by atoms with Gasteiger partial charge in [0, 0.05) is 24.6 Å². The molecule has 0 fully saturated rings. The van der Waals surface area contributed by atoms with Crippen LogP contribution >= 0.6 is 0 Å². The first-order valence-electron chi connectivity index (χ1n) is 7.59. The van der Waals surface area contributed by atoms with Crippen LogP contribution in [0.4, 0.5) is 16.2 Å². The Morgan fingerprint density at radius 2 is 1.78 bits per heavy atom. The summed E-state index contributed by atoms with van der Waals surface area (Å²) in [5.41, 5.74) is 2.25. The van der Waals surface area contributed by atoms with Crippen LogP contribution in [-0.4, -0.2) is 21.5 Å². The molecule has 1 amide bonds. The molecule has 0 aliphatic heterocycles. The molecule has 1 unspecified atom stereocenters. The van der Waals surface area contributed by atoms with Gasteiger partial charge in [0.15, 0.2) is 0 Å². The maximum atomic E-state index is 11.7. The van der Waals surface area contributed by atoms with Crippen molar-refractivity contribution in [2.45, 2.75) is 39.3 Å². The molecule has 0 aliphatic rings. The van der Waals surface area contributed by atoms with Crippen LogP contribution in [0.3, 0.4) is 0 Å². The molecule has 2 aromatic rings. The molecule has 1 heterocycles. The zero-order chi connectivity index (χ0) is 17.0. The van der Waals surface area contributed by atoms with E-state index in [0.29, 0.717) is 5.69 Å². The minimum Gasteiger partial charge on any atom is -0.444 e. The van der Waals surface area contributed by atoms with E-state index >= 15 is 0 Å². The van der Waals surface area contributed by atoms with Crippen LogP contribution in [0.15, 0.2) is 36.5 Å². The van der Waals surface area contributed by atoms with Crippen molar-refractivity contribution in [1.29, 1.82) is 0 Å². The summed E-state index contributed by atoms with van der Waals surface area (Å²) < 4.78 is 7.07. The molecule has 0 spiro atoms. The fourth-order valence-electron chi connectivity index (χ4n) is 2.20. The van der Waals surface area contributed by atoms with E-state index in [1.165, 1.54) is 0 Å². The summed E-state index contributed by atoms with van der Waals surface area (Å²) in [5, 5.41) is 10.3. The van der Waals surface area contributed by atoms with Crippen molar-refractivity contribution in [2.24, 2.45) is 7.05 Å². The summed E-state index contributed by atoms with van der Waals surface area (Å²) >= 11 is 0. The predicted molar refractivity (Wildman–Crippen MR) is 91.5 cm³/mol. The molecule has 1 aromatic carbocycles. The summed E-state index contributed by atoms with van der Waals surface area (Å²) in [6, 6.07) is 9.62. The highest BCUT2D eigenvalue weighted by Gasteiger charge is 2.16. The highest BCUT2D eigenvalue weighted by molar-refractivity contribution is 5.85. The van der Waals surface area contributed by atoms with Gasteiger partial charge in [0.2, 0.25) is 0 Å². The number of hydrogen-bond donors (Lipinski definition) is 2. The normalized spacial score (nSPS) is 12.6. The monoisotopic (exact) mass is 316 g/mol. The van der Waals surface area contributed by atoms with E-state index in [2.05, 4.69) is 22.7 Å². The molecule has 6 nitrogen and oxygen atoms in total. The van der Waals surface area contributed by atoms with Gasteiger partial charge in [0.05, 0.1) is 11.7 Å². The van der Waals surface area contributed by atoms with Gasteiger partial charge in [-0.1, -0.05) is 0 Å². The van der Waals surface area contributed by atoms with Gasteiger partial charge >= 0.3 is 6.09 Å². The number of amides is 1. The van der Waals surface area contributed by atoms with Crippen molar-refractivity contribution >= 4 is 17.5 Å². The zero-order valence-electron chi connectivity index (χ0n) is 14.3. The number of rotatable bonds is 4. The Hall–Kier alpha value is -2.50. The first-order valence-corrected chi connectivity index (χ1v) is 7.59. The maximum Gasteiger partial charge on any atom is 0.412 e. The summed E-state index contributed by atoms with van der Waals surface area (Å²) in [5.74, 6) is 0. The minimum absolute atomic E-state index is 0.132. The zero-order valence-corrected chi connectivity index (χ0v) is 14.3. The molecule has 124 valence electrons. The van der Waals surface area contributed by atoms with E-state index in [1.54, 1.807) is 6.20 Å². The van der Waals surface area contributed by atoms with Crippen molar-refractivity contribution < 1.29 is 9.53 Å². The molecule has 1 atom stereocenters. The van der Waals surface area contributed by atoms with Gasteiger partial charge in [-0.25, -0.2) is 4.79 Å². The van der Waals surface area contributed by atoms with E-state index in [9.17, 15) is 4.79 Å². The summed E-state index contributed by atoms with van der Waals surface area (Å²) in [7, 11) is 1.92. The van der Waals surface area contributed by atoms with Crippen LogP contribution in [0, 0.1) is 0 Å². The lowest BCUT2D eigenvalue weighted by atomic mass is 10.2. The van der Waals surface area contributed by atoms with Crippen molar-refractivity contribution in [1.82, 2.24) is 9.78 Å². The number of aryl methyl sites for hydroxylation is 1. The third kappa shape index (κ3) is 5.02. The highest BCUT2D eigenvalue weighted by Crippen LogP contribution is 2.20. The van der Waals surface area contributed by atoms with Gasteiger partial charge in [-0.05, 0) is 58.0 Å². The average Bonchev–Trinajstić information content (AvgIpc) is 2.85. The summed E-state index contributed by atoms with van der Waals surface area (Å²) in [4.78, 5) is 11.7. The molecule has 2 rings (SSSR count). The Balaban J connectivity index is 1.94. The van der Waals surface area contributed by atoms with E-state index < -0.39 is 11.7 Å². The average molecular weight is 316 g/mol. The van der Waals surface area contributed by atoms with Crippen LogP contribution in [-0.2, 0) is 11.8 Å². The van der Waals surface area contributed by atoms with Crippen LogP contribution in [0.1, 0.15) is 39.4 Å². The van der Waals surface area contributed by atoms with Gasteiger partial charge in [0.25, 0.3) is 0 Å². The third-order valence-corrected chi connectivity index (χ3v) is 3.22. The second-order valence-corrected chi connectivity index (χ2v) is 6.45. The van der Waals surface area contributed by atoms with Gasteiger partial charge < -0.3 is 10.1 Å². The number of nitrogens with zero attached hydrogens (tertiary/aromatic N) is 2. The number of ether oxygens (including phenoxy) is 1. The smallest absolute Gasteiger partial charge is 0.412 e. The first-order chi connectivity index (χ1) is 10.7. The van der Waals surface area contributed by atoms with Crippen molar-refractivity contribution in [2.75, 3.05) is 10.6 Å². The van der Waals surface area contributed by atoms with Crippen LogP contribution in [0.5, 0.6) is 0 Å². The number of carbonyl (C=O) groups excluding carboxylic acids is 1. The molecule has 0 saturated carbocycles. The summed E-state index contributed by atoms with van der Waals surface area (Å²) in [6.45, 7) is 7.57. The number of anilines is 2. The highest BCUT2D eigenvalue weighted by atomic mass is 16.6. The predicted octanol–water partition coefficient (Wildman–Crippen LogP) is 3.94. The molecule has 23 heavy (non-hydrogen) atoms. The molecule has 6 heteroatoms. The lowest BCUT2D eigenvalue weighted by Crippen LogP contribution is -2.27. The first kappa shape index (κ1) is 16.9. The largest absolute Gasteiger partial charge is 0.444 e. The Morgan fingerprint density at radius 3 is 2.30 bits per heavy atom. The van der Waals surface area contributed by atoms with E-state index in [-0.39, 0.29) is 6.04 Å². The lowest BCUT2D eigenvalue weighted by molar-refractivity contribution is 0.0636. The Morgan fingerprint density at radius 1 is 1.17 bits per heavy atom. The molecular formula is C17H24N4O2. The number of benzene rings is 1. The molecule has 0 aliphatic carbocycles. The number of aromatic nitrogens is 2. The maximum absolute atomic E-state index is 11.7. The third-order valence-electron chi connectivity index (χ3n) is 3.22. The molecule has 0 radical (unpaired) electrons. The SMILES string of the molecule is CC(Nc1ccc(NC(=O)OC(C)(C)C)cc1)c1ccnn1C. The van der Waals surface area contributed by atoms with Crippen molar-refractivity contribution in [3.63, 3.8) is 0 Å². The van der Waals surface area contributed by atoms with Crippen molar-refractivity contribution in [3.05, 3.63) is 42.2 Å². The van der Waals surface area contributed by atoms with Gasteiger partial charge in [-0.15, -0.1) is 0 Å². The quantitative estimate of drug-likeness (QED) is 0.896. The molecule has 0 saturated heterocycles. The van der Waals surface area contributed by atoms with Crippen molar-refractivity contribution in [3.8, 4) is 0 Å². The van der Waals surface area contributed by atoms with Crippen LogP contribution in [0.2, 0.25) is 0 Å². The van der Waals surface area contributed by atoms with E-state index in [1.807, 2.05) is 62.8 Å². The number of carbonyl (C=O) groups is 1. The number of nitrogens with one attached hydrogen (secondary N) is 2. The summed E-state index contributed by atoms with van der Waals surface area (Å²) in [6.07, 6.45) is 1.32. The second-order valence-electron chi connectivity index (χ2n) is 6.45. The van der Waals surface area contributed by atoms with Crippen LogP contribution in [0.25, 0.3) is 0 Å². The van der Waals surface area contributed by atoms with Gasteiger partial charge in [-0.2, -0.15) is 5.10 Å². The fraction of sp³-hybridized carbons (Fsp3) is 0.412. The molecule has 1 aromatic heterocycles. The molecule has 2 N–H and O–H groups in total. The Bertz CT molecular complexity index is 656. The van der Waals surface area contributed by atoms with Gasteiger partial charge in [-0.3, -0.25) is 10.00 Å². The Labute approximate surface area is 136 Å². The number of hydrogen-bond acceptors (Lipinski definition) is 4. The molecular weight excluding hydrogens is 292 g/mol.